The van der Waals surface area contributed by atoms with Gasteiger partial charge in [-0.3, -0.25) is 4.79 Å². The van der Waals surface area contributed by atoms with E-state index in [0.29, 0.717) is 28.3 Å². The Kier molecular flexibility index (Phi) is 3.46. The van der Waals surface area contributed by atoms with E-state index in [1.807, 2.05) is 36.4 Å². The van der Waals surface area contributed by atoms with Crippen LogP contribution < -0.4 is 5.43 Å². The number of benzene rings is 2. The Morgan fingerprint density at radius 1 is 1.09 bits per heavy atom. The van der Waals surface area contributed by atoms with Gasteiger partial charge in [0.15, 0.2) is 5.43 Å². The topological polar surface area (TPSA) is 54.9 Å². The zero-order chi connectivity index (χ0) is 15.8. The van der Waals surface area contributed by atoms with Crippen LogP contribution >= 0.6 is 11.6 Å². The van der Waals surface area contributed by atoms with Crippen LogP contribution in [0.15, 0.2) is 74.0 Å². The second-order valence-corrected chi connectivity index (χ2v) is 5.99. The third kappa shape index (κ3) is 2.55. The number of nitrogens with zero attached hydrogens (tertiary/aromatic N) is 2. The summed E-state index contributed by atoms with van der Waals surface area (Å²) in [6, 6.07) is 16.2. The van der Waals surface area contributed by atoms with E-state index in [1.54, 1.807) is 18.2 Å². The molecule has 5 heteroatoms. The minimum Gasteiger partial charge on any atom is -0.460 e. The molecule has 1 aromatic heterocycles. The van der Waals surface area contributed by atoms with E-state index in [-0.39, 0.29) is 17.4 Å². The van der Waals surface area contributed by atoms with Gasteiger partial charge in [-0.2, -0.15) is 10.2 Å². The van der Waals surface area contributed by atoms with Crippen LogP contribution in [-0.4, -0.2) is 6.54 Å². The molecule has 4 rings (SSSR count). The number of rotatable bonds is 2. The quantitative estimate of drug-likeness (QED) is 0.683. The molecule has 23 heavy (non-hydrogen) atoms. The first-order chi connectivity index (χ1) is 11.2. The molecule has 1 aliphatic heterocycles. The summed E-state index contributed by atoms with van der Waals surface area (Å²) < 4.78 is 5.96. The summed E-state index contributed by atoms with van der Waals surface area (Å²) in [5, 5.41) is 9.75. The van der Waals surface area contributed by atoms with Crippen molar-refractivity contribution in [2.75, 3.05) is 6.54 Å². The molecule has 4 nitrogen and oxygen atoms in total. The van der Waals surface area contributed by atoms with Crippen LogP contribution in [0, 0.1) is 0 Å². The number of para-hydroxylation sites is 1. The van der Waals surface area contributed by atoms with Crippen LogP contribution in [0.4, 0.5) is 0 Å². The lowest BCUT2D eigenvalue weighted by molar-refractivity contribution is 0.465. The molecular weight excluding hydrogens is 312 g/mol. The molecule has 0 unspecified atom stereocenters. The highest BCUT2D eigenvalue weighted by molar-refractivity contribution is 6.30. The van der Waals surface area contributed by atoms with Gasteiger partial charge in [0, 0.05) is 11.1 Å². The number of fused-ring (bicyclic) bond motifs is 1. The first kappa shape index (κ1) is 14.2. The average molecular weight is 325 g/mol. The zero-order valence-corrected chi connectivity index (χ0v) is 12.9. The fourth-order valence-electron chi connectivity index (χ4n) is 2.91. The van der Waals surface area contributed by atoms with Crippen molar-refractivity contribution >= 4 is 22.6 Å². The molecule has 0 amide bonds. The lowest BCUT2D eigenvalue weighted by Crippen LogP contribution is -2.11. The monoisotopic (exact) mass is 324 g/mol. The first-order valence-corrected chi connectivity index (χ1v) is 7.75. The van der Waals surface area contributed by atoms with Crippen molar-refractivity contribution in [3.8, 4) is 0 Å². The predicted octanol–water partition coefficient (Wildman–Crippen LogP) is 4.74. The molecule has 0 saturated carbocycles. The largest absolute Gasteiger partial charge is 0.460 e. The summed E-state index contributed by atoms with van der Waals surface area (Å²) >= 11 is 5.94. The van der Waals surface area contributed by atoms with E-state index in [0.717, 1.165) is 5.56 Å². The fourth-order valence-corrected chi connectivity index (χ4v) is 3.04. The van der Waals surface area contributed by atoms with Crippen molar-refractivity contribution in [2.24, 2.45) is 10.2 Å². The van der Waals surface area contributed by atoms with Crippen LogP contribution in [0.2, 0.25) is 5.02 Å². The lowest BCUT2D eigenvalue weighted by atomic mass is 9.92. The van der Waals surface area contributed by atoms with Crippen molar-refractivity contribution in [2.45, 2.75) is 12.0 Å². The smallest absolute Gasteiger partial charge is 0.192 e. The maximum atomic E-state index is 12.3. The van der Waals surface area contributed by atoms with E-state index in [2.05, 4.69) is 10.2 Å². The van der Waals surface area contributed by atoms with Gasteiger partial charge in [0.2, 0.25) is 0 Å². The molecule has 1 aliphatic rings. The molecule has 0 radical (unpaired) electrons. The average Bonchev–Trinajstić information content (AvgIpc) is 3.05. The second kappa shape index (κ2) is 5.63. The molecule has 0 saturated heterocycles. The minimum absolute atomic E-state index is 0.0383. The summed E-state index contributed by atoms with van der Waals surface area (Å²) in [5.74, 6) is 0.548. The molecule has 2 atom stereocenters. The van der Waals surface area contributed by atoms with Gasteiger partial charge in [0.25, 0.3) is 0 Å². The van der Waals surface area contributed by atoms with Crippen LogP contribution in [0.5, 0.6) is 0 Å². The van der Waals surface area contributed by atoms with Crippen LogP contribution in [0.1, 0.15) is 23.3 Å². The van der Waals surface area contributed by atoms with Crippen LogP contribution in [0.3, 0.4) is 0 Å². The second-order valence-electron chi connectivity index (χ2n) is 5.55. The normalized spacial score (nSPS) is 20.2. The fraction of sp³-hybridized carbons (Fsp3) is 0.167. The highest BCUT2D eigenvalue weighted by Crippen LogP contribution is 2.39. The standard InChI is InChI=1S/C18H13ClN2O2/c19-12-7-5-11(6-8-12)18-14(10-20-21-18)17-9-15(22)13-3-1-2-4-16(13)23-17/h1-9,14,18H,10H2/t14-,18-/m1/s1. The van der Waals surface area contributed by atoms with Gasteiger partial charge in [-0.25, -0.2) is 0 Å². The maximum Gasteiger partial charge on any atom is 0.192 e. The molecule has 0 bridgehead atoms. The molecule has 0 spiro atoms. The summed E-state index contributed by atoms with van der Waals surface area (Å²) in [4.78, 5) is 12.3. The molecule has 114 valence electrons. The van der Waals surface area contributed by atoms with Gasteiger partial charge < -0.3 is 4.42 Å². The van der Waals surface area contributed by atoms with E-state index in [9.17, 15) is 4.79 Å². The summed E-state index contributed by atoms with van der Waals surface area (Å²) in [5.41, 5.74) is 1.57. The molecule has 0 aliphatic carbocycles. The first-order valence-electron chi connectivity index (χ1n) is 7.37. The molecule has 0 fully saturated rings. The van der Waals surface area contributed by atoms with Gasteiger partial charge in [0.1, 0.15) is 17.4 Å². The SMILES string of the molecule is O=c1cc([C@H]2CN=N[C@@H]2c2ccc(Cl)cc2)oc2ccccc12. The maximum absolute atomic E-state index is 12.3. The van der Waals surface area contributed by atoms with Gasteiger partial charge in [0.05, 0.1) is 17.8 Å². The Balaban J connectivity index is 1.77. The summed E-state index contributed by atoms with van der Waals surface area (Å²) in [6.45, 7) is 0.509. The van der Waals surface area contributed by atoms with E-state index < -0.39 is 0 Å². The molecule has 2 heterocycles. The predicted molar refractivity (Wildman–Crippen MR) is 89.1 cm³/mol. The Hall–Kier alpha value is -2.46. The van der Waals surface area contributed by atoms with Gasteiger partial charge in [-0.15, -0.1) is 0 Å². The van der Waals surface area contributed by atoms with Crippen molar-refractivity contribution in [1.29, 1.82) is 0 Å². The number of azo groups is 1. The molecule has 3 aromatic rings. The number of hydrogen-bond acceptors (Lipinski definition) is 4. The third-order valence-corrected chi connectivity index (χ3v) is 4.35. The van der Waals surface area contributed by atoms with Crippen LogP contribution in [-0.2, 0) is 0 Å². The van der Waals surface area contributed by atoms with Crippen molar-refractivity contribution in [3.63, 3.8) is 0 Å². The third-order valence-electron chi connectivity index (χ3n) is 4.10. The summed E-state index contributed by atoms with van der Waals surface area (Å²) in [7, 11) is 0. The van der Waals surface area contributed by atoms with E-state index in [1.165, 1.54) is 0 Å². The Labute approximate surface area is 137 Å². The number of hydrogen-bond donors (Lipinski definition) is 0. The Morgan fingerprint density at radius 3 is 2.70 bits per heavy atom. The highest BCUT2D eigenvalue weighted by atomic mass is 35.5. The highest BCUT2D eigenvalue weighted by Gasteiger charge is 2.31. The van der Waals surface area contributed by atoms with Crippen molar-refractivity contribution < 1.29 is 4.42 Å². The molecule has 0 N–H and O–H groups in total. The lowest BCUT2D eigenvalue weighted by Gasteiger charge is -2.16. The minimum atomic E-state index is -0.156. The Bertz CT molecular complexity index is 947. The Morgan fingerprint density at radius 2 is 1.87 bits per heavy atom. The van der Waals surface area contributed by atoms with Crippen molar-refractivity contribution in [3.05, 3.63) is 81.2 Å². The van der Waals surface area contributed by atoms with Gasteiger partial charge >= 0.3 is 0 Å². The zero-order valence-electron chi connectivity index (χ0n) is 12.1. The van der Waals surface area contributed by atoms with Crippen LogP contribution in [0.25, 0.3) is 11.0 Å². The molecule has 2 aromatic carbocycles. The summed E-state index contributed by atoms with van der Waals surface area (Å²) in [6.07, 6.45) is 0. The van der Waals surface area contributed by atoms with Gasteiger partial charge in [-0.1, -0.05) is 35.9 Å². The van der Waals surface area contributed by atoms with E-state index in [4.69, 9.17) is 16.0 Å². The van der Waals surface area contributed by atoms with Gasteiger partial charge in [-0.05, 0) is 29.8 Å². The van der Waals surface area contributed by atoms with Crippen molar-refractivity contribution in [1.82, 2.24) is 0 Å². The number of halogens is 1. The molecular formula is C18H13ClN2O2. The van der Waals surface area contributed by atoms with E-state index >= 15 is 0 Å².